The molecule has 0 radical (unpaired) electrons. The molecule has 0 saturated carbocycles. The molecule has 2 aromatic rings. The molecule has 29 heavy (non-hydrogen) atoms. The molecule has 1 saturated heterocycles. The van der Waals surface area contributed by atoms with E-state index in [1.54, 1.807) is 18.1 Å². The second-order valence-electron chi connectivity index (χ2n) is 7.30. The normalized spacial score (nSPS) is 20.2. The molecule has 0 spiro atoms. The van der Waals surface area contributed by atoms with Crippen molar-refractivity contribution in [2.75, 3.05) is 20.1 Å². The topological polar surface area (TPSA) is 79.6 Å². The van der Waals surface area contributed by atoms with Crippen molar-refractivity contribution < 1.29 is 4.74 Å². The summed E-state index contributed by atoms with van der Waals surface area (Å²) in [6.45, 7) is 8.43. The van der Waals surface area contributed by atoms with Crippen LogP contribution in [0.4, 0.5) is 0 Å². The largest absolute Gasteiger partial charge is 0.373 e. The molecule has 9 heteroatoms. The molecule has 1 aliphatic rings. The smallest absolute Gasteiger partial charge is 0.191 e. The number of aliphatic imine (C=N–C) groups is 1. The van der Waals surface area contributed by atoms with Crippen LogP contribution in [0.5, 0.6) is 0 Å². The second kappa shape index (κ2) is 11.5. The maximum atomic E-state index is 5.85. The first-order chi connectivity index (χ1) is 13.5. The first-order valence-corrected chi connectivity index (χ1v) is 9.77. The third kappa shape index (κ3) is 6.93. The van der Waals surface area contributed by atoms with Crippen molar-refractivity contribution in [2.45, 2.75) is 45.7 Å². The molecule has 2 unspecified atom stereocenters. The van der Waals surface area contributed by atoms with Crippen molar-refractivity contribution >= 4 is 29.9 Å². The van der Waals surface area contributed by atoms with Crippen molar-refractivity contribution in [3.05, 3.63) is 47.5 Å². The molecular weight excluding hydrogens is 481 g/mol. The molecular formula is C20H32IN7O. The Hall–Kier alpha value is -1.72. The highest BCUT2D eigenvalue weighted by atomic mass is 127. The average Bonchev–Trinajstić information content (AvgIpc) is 3.07. The van der Waals surface area contributed by atoms with Crippen molar-refractivity contribution in [2.24, 2.45) is 12.0 Å². The Morgan fingerprint density at radius 1 is 1.14 bits per heavy atom. The summed E-state index contributed by atoms with van der Waals surface area (Å²) in [5, 5.41) is 10.8. The summed E-state index contributed by atoms with van der Waals surface area (Å²) in [6, 6.07) is 8.57. The lowest BCUT2D eigenvalue weighted by Crippen LogP contribution is -2.45. The van der Waals surface area contributed by atoms with Gasteiger partial charge in [0.25, 0.3) is 0 Å². The minimum absolute atomic E-state index is 0. The lowest BCUT2D eigenvalue weighted by atomic mass is 10.1. The van der Waals surface area contributed by atoms with Gasteiger partial charge in [-0.1, -0.05) is 24.3 Å². The Labute approximate surface area is 190 Å². The molecule has 2 atom stereocenters. The maximum Gasteiger partial charge on any atom is 0.191 e. The van der Waals surface area contributed by atoms with Gasteiger partial charge >= 0.3 is 0 Å². The molecule has 0 aliphatic carbocycles. The third-order valence-corrected chi connectivity index (χ3v) is 4.90. The van der Waals surface area contributed by atoms with Gasteiger partial charge in [-0.25, -0.2) is 4.98 Å². The number of benzene rings is 1. The van der Waals surface area contributed by atoms with Crippen molar-refractivity contribution in [1.82, 2.24) is 30.3 Å². The fourth-order valence-corrected chi connectivity index (χ4v) is 3.58. The first kappa shape index (κ1) is 23.6. The molecule has 8 nitrogen and oxygen atoms in total. The van der Waals surface area contributed by atoms with E-state index >= 15 is 0 Å². The first-order valence-electron chi connectivity index (χ1n) is 9.77. The summed E-state index contributed by atoms with van der Waals surface area (Å²) in [4.78, 5) is 11.0. The van der Waals surface area contributed by atoms with Crippen LogP contribution in [0.1, 0.15) is 30.8 Å². The zero-order valence-electron chi connectivity index (χ0n) is 17.6. The minimum atomic E-state index is 0. The zero-order valence-corrected chi connectivity index (χ0v) is 20.0. The lowest BCUT2D eigenvalue weighted by Gasteiger charge is -2.35. The van der Waals surface area contributed by atoms with Crippen LogP contribution >= 0.6 is 24.0 Å². The number of nitrogens with one attached hydrogen (secondary N) is 2. The zero-order chi connectivity index (χ0) is 19.9. The summed E-state index contributed by atoms with van der Waals surface area (Å²) in [6.07, 6.45) is 2.10. The molecule has 1 aromatic carbocycles. The van der Waals surface area contributed by atoms with Gasteiger partial charge in [-0.3, -0.25) is 14.6 Å². The monoisotopic (exact) mass is 513 g/mol. The number of hydrogen-bond donors (Lipinski definition) is 2. The predicted molar refractivity (Wildman–Crippen MR) is 125 cm³/mol. The van der Waals surface area contributed by atoms with Gasteiger partial charge in [0.15, 0.2) is 5.96 Å². The van der Waals surface area contributed by atoms with Crippen LogP contribution < -0.4 is 10.6 Å². The summed E-state index contributed by atoms with van der Waals surface area (Å²) >= 11 is 0. The number of halogens is 1. The molecule has 1 aromatic heterocycles. The van der Waals surface area contributed by atoms with Crippen LogP contribution in [-0.2, 0) is 31.4 Å². The summed E-state index contributed by atoms with van der Waals surface area (Å²) < 4.78 is 7.60. The SMILES string of the molecule is CN=C(NCc1ccccc1CN1CC(C)OC(C)C1)NCc1ncnn1C.I. The van der Waals surface area contributed by atoms with Crippen molar-refractivity contribution in [1.29, 1.82) is 0 Å². The number of aryl methyl sites for hydroxylation is 1. The minimum Gasteiger partial charge on any atom is -0.373 e. The van der Waals surface area contributed by atoms with Gasteiger partial charge < -0.3 is 15.4 Å². The van der Waals surface area contributed by atoms with Gasteiger partial charge in [-0.15, -0.1) is 24.0 Å². The highest BCUT2D eigenvalue weighted by Crippen LogP contribution is 2.17. The number of morpholine rings is 1. The fraction of sp³-hybridized carbons (Fsp3) is 0.550. The van der Waals surface area contributed by atoms with Gasteiger partial charge in [0.05, 0.1) is 18.8 Å². The van der Waals surface area contributed by atoms with Crippen molar-refractivity contribution in [3.8, 4) is 0 Å². The number of ether oxygens (including phenoxy) is 1. The van der Waals surface area contributed by atoms with Crippen LogP contribution in [0.25, 0.3) is 0 Å². The Morgan fingerprint density at radius 2 is 1.79 bits per heavy atom. The van der Waals surface area contributed by atoms with E-state index in [1.807, 2.05) is 7.05 Å². The van der Waals surface area contributed by atoms with Crippen LogP contribution in [-0.4, -0.2) is 58.0 Å². The van der Waals surface area contributed by atoms with E-state index in [0.29, 0.717) is 13.1 Å². The van der Waals surface area contributed by atoms with Gasteiger partial charge in [0, 0.05) is 40.3 Å². The van der Waals surface area contributed by atoms with E-state index in [-0.39, 0.29) is 36.2 Å². The van der Waals surface area contributed by atoms with E-state index < -0.39 is 0 Å². The average molecular weight is 513 g/mol. The number of hydrogen-bond acceptors (Lipinski definition) is 5. The maximum absolute atomic E-state index is 5.85. The molecule has 160 valence electrons. The van der Waals surface area contributed by atoms with E-state index in [4.69, 9.17) is 4.74 Å². The Bertz CT molecular complexity index is 785. The number of guanidine groups is 1. The standard InChI is InChI=1S/C20H31N7O.HI/c1-15-11-27(12-16(2)28-15)13-18-8-6-5-7-17(18)9-22-20(21-3)23-10-19-24-14-25-26(19)4;/h5-8,14-16H,9-13H2,1-4H3,(H2,21,22,23);1H. The van der Waals surface area contributed by atoms with E-state index in [1.165, 1.54) is 11.1 Å². The molecule has 0 amide bonds. The molecule has 2 N–H and O–H groups in total. The molecule has 3 rings (SSSR count). The van der Waals surface area contributed by atoms with Gasteiger partial charge in [0.2, 0.25) is 0 Å². The number of nitrogens with zero attached hydrogens (tertiary/aromatic N) is 5. The predicted octanol–water partition coefficient (Wildman–Crippen LogP) is 1.91. The Morgan fingerprint density at radius 3 is 2.41 bits per heavy atom. The second-order valence-corrected chi connectivity index (χ2v) is 7.30. The summed E-state index contributed by atoms with van der Waals surface area (Å²) in [5.74, 6) is 1.60. The Balaban J connectivity index is 0.00000300. The van der Waals surface area contributed by atoms with E-state index in [0.717, 1.165) is 31.4 Å². The van der Waals surface area contributed by atoms with Crippen LogP contribution in [0, 0.1) is 0 Å². The quantitative estimate of drug-likeness (QED) is 0.349. The van der Waals surface area contributed by atoms with Crippen LogP contribution in [0.2, 0.25) is 0 Å². The van der Waals surface area contributed by atoms with E-state index in [9.17, 15) is 0 Å². The van der Waals surface area contributed by atoms with E-state index in [2.05, 4.69) is 68.7 Å². The third-order valence-electron chi connectivity index (χ3n) is 4.90. The van der Waals surface area contributed by atoms with Crippen LogP contribution in [0.3, 0.4) is 0 Å². The van der Waals surface area contributed by atoms with Gasteiger partial charge in [-0.05, 0) is 25.0 Å². The lowest BCUT2D eigenvalue weighted by molar-refractivity contribution is -0.0705. The summed E-state index contributed by atoms with van der Waals surface area (Å²) in [7, 11) is 3.65. The number of rotatable bonds is 6. The van der Waals surface area contributed by atoms with Gasteiger partial charge in [-0.2, -0.15) is 5.10 Å². The molecule has 1 aliphatic heterocycles. The molecule has 2 heterocycles. The molecule has 0 bridgehead atoms. The van der Waals surface area contributed by atoms with Crippen LogP contribution in [0.15, 0.2) is 35.6 Å². The van der Waals surface area contributed by atoms with Gasteiger partial charge in [0.1, 0.15) is 12.2 Å². The summed E-state index contributed by atoms with van der Waals surface area (Å²) in [5.41, 5.74) is 2.61. The Kier molecular flexibility index (Phi) is 9.31. The molecule has 1 fully saturated rings. The fourth-order valence-electron chi connectivity index (χ4n) is 3.58. The number of aromatic nitrogens is 3. The van der Waals surface area contributed by atoms with Crippen molar-refractivity contribution in [3.63, 3.8) is 0 Å². The highest BCUT2D eigenvalue weighted by Gasteiger charge is 2.22. The highest BCUT2D eigenvalue weighted by molar-refractivity contribution is 14.0.